The Bertz CT molecular complexity index is 717. The fourth-order valence-corrected chi connectivity index (χ4v) is 3.19. The summed E-state index contributed by atoms with van der Waals surface area (Å²) >= 11 is 0. The van der Waals surface area contributed by atoms with Crippen molar-refractivity contribution in [2.75, 3.05) is 20.2 Å². The topological polar surface area (TPSA) is 55.8 Å². The van der Waals surface area contributed by atoms with Gasteiger partial charge in [-0.1, -0.05) is 60.7 Å². The highest BCUT2D eigenvalue weighted by Gasteiger charge is 2.41. The minimum Gasteiger partial charge on any atom is -0.469 e. The lowest BCUT2D eigenvalue weighted by Crippen LogP contribution is -2.30. The van der Waals surface area contributed by atoms with Gasteiger partial charge in [0.05, 0.1) is 13.0 Å². The number of hydrogen-bond donors (Lipinski definition) is 0. The molecule has 1 amide bonds. The fourth-order valence-electron chi connectivity index (χ4n) is 3.19. The predicted octanol–water partition coefficient (Wildman–Crippen LogP) is 3.21. The normalized spacial score (nSPS) is 19.5. The van der Waals surface area contributed by atoms with E-state index in [1.54, 1.807) is 4.90 Å². The molecule has 3 rings (SSSR count). The molecule has 5 heteroatoms. The van der Waals surface area contributed by atoms with Crippen LogP contribution in [0.1, 0.15) is 17.0 Å². The number of benzene rings is 2. The maximum atomic E-state index is 12.4. The van der Waals surface area contributed by atoms with E-state index in [0.717, 1.165) is 11.1 Å². The predicted molar refractivity (Wildman–Crippen MR) is 92.9 cm³/mol. The van der Waals surface area contributed by atoms with Crippen molar-refractivity contribution in [3.05, 3.63) is 71.8 Å². The average molecular weight is 339 g/mol. The van der Waals surface area contributed by atoms with Crippen LogP contribution in [0.2, 0.25) is 0 Å². The molecule has 130 valence electrons. The van der Waals surface area contributed by atoms with Crippen molar-refractivity contribution in [1.29, 1.82) is 0 Å². The number of esters is 1. The lowest BCUT2D eigenvalue weighted by Gasteiger charge is -2.16. The molecule has 0 N–H and O–H groups in total. The first-order valence-corrected chi connectivity index (χ1v) is 8.27. The van der Waals surface area contributed by atoms with Gasteiger partial charge in [0.25, 0.3) is 0 Å². The molecule has 5 nitrogen and oxygen atoms in total. The summed E-state index contributed by atoms with van der Waals surface area (Å²) < 4.78 is 10.3. The van der Waals surface area contributed by atoms with E-state index >= 15 is 0 Å². The van der Waals surface area contributed by atoms with Gasteiger partial charge in [-0.2, -0.15) is 0 Å². The second kappa shape index (κ2) is 7.83. The molecule has 0 saturated carbocycles. The molecule has 2 atom stereocenters. The second-order valence-corrected chi connectivity index (χ2v) is 6.09. The van der Waals surface area contributed by atoms with Gasteiger partial charge >= 0.3 is 12.1 Å². The van der Waals surface area contributed by atoms with E-state index in [9.17, 15) is 9.59 Å². The molecular weight excluding hydrogens is 318 g/mol. The van der Waals surface area contributed by atoms with Crippen LogP contribution in [-0.4, -0.2) is 37.2 Å². The molecule has 1 fully saturated rings. The van der Waals surface area contributed by atoms with Crippen molar-refractivity contribution in [2.45, 2.75) is 12.5 Å². The number of rotatable bonds is 4. The van der Waals surface area contributed by atoms with Crippen molar-refractivity contribution >= 4 is 12.1 Å². The molecule has 0 aromatic heterocycles. The van der Waals surface area contributed by atoms with Crippen molar-refractivity contribution in [3.63, 3.8) is 0 Å². The van der Waals surface area contributed by atoms with Gasteiger partial charge < -0.3 is 14.4 Å². The Kier molecular flexibility index (Phi) is 5.33. The first-order chi connectivity index (χ1) is 12.2. The van der Waals surface area contributed by atoms with E-state index in [1.807, 2.05) is 60.7 Å². The van der Waals surface area contributed by atoms with Gasteiger partial charge in [-0.25, -0.2) is 4.79 Å². The quantitative estimate of drug-likeness (QED) is 0.803. The minimum absolute atomic E-state index is 0.0853. The van der Waals surface area contributed by atoms with Crippen molar-refractivity contribution in [2.24, 2.45) is 5.92 Å². The first kappa shape index (κ1) is 17.0. The summed E-state index contributed by atoms with van der Waals surface area (Å²) in [6.07, 6.45) is -0.406. The van der Waals surface area contributed by atoms with Crippen LogP contribution in [0, 0.1) is 5.92 Å². The number of nitrogens with zero attached hydrogens (tertiary/aromatic N) is 1. The molecule has 1 heterocycles. The standard InChI is InChI=1S/C20H21NO4/c1-24-19(22)18-13-21(12-17(18)16-10-6-3-7-11-16)20(23)25-14-15-8-4-2-5-9-15/h2-11,17-18H,12-14H2,1H3/t17-,18+/m0/s1. The Morgan fingerprint density at radius 3 is 2.28 bits per heavy atom. The number of methoxy groups -OCH3 is 1. The largest absolute Gasteiger partial charge is 0.469 e. The lowest BCUT2D eigenvalue weighted by molar-refractivity contribution is -0.145. The Labute approximate surface area is 147 Å². The van der Waals surface area contributed by atoms with E-state index in [-0.39, 0.29) is 24.4 Å². The van der Waals surface area contributed by atoms with Crippen LogP contribution in [-0.2, 0) is 20.9 Å². The summed E-state index contributed by atoms with van der Waals surface area (Å²) in [5.74, 6) is -0.762. The van der Waals surface area contributed by atoms with Gasteiger partial charge in [0, 0.05) is 19.0 Å². The van der Waals surface area contributed by atoms with Gasteiger partial charge in [-0.3, -0.25) is 4.79 Å². The summed E-state index contributed by atoms with van der Waals surface area (Å²) in [6.45, 7) is 0.965. The Morgan fingerprint density at radius 1 is 1.00 bits per heavy atom. The molecule has 2 aromatic rings. The monoisotopic (exact) mass is 339 g/mol. The third-order valence-corrected chi connectivity index (χ3v) is 4.51. The first-order valence-electron chi connectivity index (χ1n) is 8.27. The van der Waals surface area contributed by atoms with Gasteiger partial charge in [-0.05, 0) is 11.1 Å². The molecule has 2 aromatic carbocycles. The minimum atomic E-state index is -0.406. The molecule has 1 aliphatic heterocycles. The zero-order valence-electron chi connectivity index (χ0n) is 14.1. The zero-order valence-corrected chi connectivity index (χ0v) is 14.1. The average Bonchev–Trinajstić information content (AvgIpc) is 3.12. The number of carbonyl (C=O) groups excluding carboxylic acids is 2. The summed E-state index contributed by atoms with van der Waals surface area (Å²) in [6, 6.07) is 19.3. The van der Waals surface area contributed by atoms with E-state index in [1.165, 1.54) is 7.11 Å². The lowest BCUT2D eigenvalue weighted by atomic mass is 9.89. The number of ether oxygens (including phenoxy) is 2. The zero-order chi connectivity index (χ0) is 17.6. The highest BCUT2D eigenvalue weighted by Crippen LogP contribution is 2.33. The number of amides is 1. The van der Waals surface area contributed by atoms with E-state index in [2.05, 4.69) is 0 Å². The Hall–Kier alpha value is -2.82. The molecule has 0 unspecified atom stereocenters. The second-order valence-electron chi connectivity index (χ2n) is 6.09. The van der Waals surface area contributed by atoms with Crippen LogP contribution in [0.15, 0.2) is 60.7 Å². The molecule has 0 aliphatic carbocycles. The molecule has 0 bridgehead atoms. The van der Waals surface area contributed by atoms with E-state index in [0.29, 0.717) is 13.1 Å². The van der Waals surface area contributed by atoms with Crippen molar-refractivity contribution < 1.29 is 19.1 Å². The van der Waals surface area contributed by atoms with Gasteiger partial charge in [0.15, 0.2) is 0 Å². The molecular formula is C20H21NO4. The van der Waals surface area contributed by atoms with Crippen LogP contribution in [0.25, 0.3) is 0 Å². The third kappa shape index (κ3) is 3.99. The van der Waals surface area contributed by atoms with Crippen molar-refractivity contribution in [1.82, 2.24) is 4.90 Å². The SMILES string of the molecule is COC(=O)[C@@H]1CN(C(=O)OCc2ccccc2)C[C@H]1c1ccccc1. The van der Waals surface area contributed by atoms with E-state index < -0.39 is 6.09 Å². The maximum absolute atomic E-state index is 12.4. The Morgan fingerprint density at radius 2 is 1.64 bits per heavy atom. The molecule has 0 spiro atoms. The van der Waals surface area contributed by atoms with Crippen LogP contribution in [0.3, 0.4) is 0 Å². The summed E-state index contributed by atoms with van der Waals surface area (Å²) in [4.78, 5) is 26.1. The van der Waals surface area contributed by atoms with Crippen LogP contribution >= 0.6 is 0 Å². The molecule has 25 heavy (non-hydrogen) atoms. The highest BCUT2D eigenvalue weighted by atomic mass is 16.6. The highest BCUT2D eigenvalue weighted by molar-refractivity contribution is 5.77. The fraction of sp³-hybridized carbons (Fsp3) is 0.300. The van der Waals surface area contributed by atoms with Gasteiger partial charge in [0.2, 0.25) is 0 Å². The summed E-state index contributed by atoms with van der Waals surface area (Å²) in [5.41, 5.74) is 1.95. The van der Waals surface area contributed by atoms with Crippen molar-refractivity contribution in [3.8, 4) is 0 Å². The molecule has 1 aliphatic rings. The van der Waals surface area contributed by atoms with Crippen LogP contribution < -0.4 is 0 Å². The molecule has 1 saturated heterocycles. The maximum Gasteiger partial charge on any atom is 0.410 e. The van der Waals surface area contributed by atoms with E-state index in [4.69, 9.17) is 9.47 Å². The third-order valence-electron chi connectivity index (χ3n) is 4.51. The van der Waals surface area contributed by atoms with Crippen LogP contribution in [0.4, 0.5) is 4.79 Å². The smallest absolute Gasteiger partial charge is 0.410 e. The summed E-state index contributed by atoms with van der Waals surface area (Å²) in [5, 5.41) is 0. The number of carbonyl (C=O) groups is 2. The van der Waals surface area contributed by atoms with Gasteiger partial charge in [-0.15, -0.1) is 0 Å². The Balaban J connectivity index is 1.68. The molecule has 0 radical (unpaired) electrons. The summed E-state index contributed by atoms with van der Waals surface area (Å²) in [7, 11) is 1.38. The van der Waals surface area contributed by atoms with Crippen LogP contribution in [0.5, 0.6) is 0 Å². The number of hydrogen-bond acceptors (Lipinski definition) is 4. The van der Waals surface area contributed by atoms with Gasteiger partial charge in [0.1, 0.15) is 6.61 Å². The number of likely N-dealkylation sites (tertiary alicyclic amines) is 1.